The number of aromatic nitrogens is 4. The van der Waals surface area contributed by atoms with Gasteiger partial charge in [0.1, 0.15) is 17.1 Å². The maximum atomic E-state index is 11.3. The number of benzene rings is 3. The first-order valence-corrected chi connectivity index (χ1v) is 14.3. The topological polar surface area (TPSA) is 63.8 Å². The lowest BCUT2D eigenvalue weighted by Gasteiger charge is -2.21. The third kappa shape index (κ3) is 4.75. The van der Waals surface area contributed by atoms with Crippen molar-refractivity contribution < 1.29 is 5.11 Å². The number of nitrogens with zero attached hydrogens (tertiary/aromatic N) is 4. The molecule has 42 heavy (non-hydrogen) atoms. The summed E-state index contributed by atoms with van der Waals surface area (Å²) in [6, 6.07) is 24.9. The fourth-order valence-corrected chi connectivity index (χ4v) is 6.13. The minimum Gasteiger partial charge on any atom is -0.507 e. The molecule has 0 bridgehead atoms. The zero-order chi connectivity index (χ0) is 29.8. The third-order valence-corrected chi connectivity index (χ3v) is 8.02. The highest BCUT2D eigenvalue weighted by atomic mass is 16.3. The summed E-state index contributed by atoms with van der Waals surface area (Å²) in [5, 5.41) is 11.3. The average Bonchev–Trinajstić information content (AvgIpc) is 3.28. The number of aryl methyl sites for hydroxylation is 4. The molecule has 210 valence electrons. The van der Waals surface area contributed by atoms with E-state index in [1.165, 1.54) is 22.3 Å². The third-order valence-electron chi connectivity index (χ3n) is 8.02. The Kier molecular flexibility index (Phi) is 6.69. The van der Waals surface area contributed by atoms with Gasteiger partial charge >= 0.3 is 0 Å². The molecule has 0 atom stereocenters. The van der Waals surface area contributed by atoms with Crippen LogP contribution in [-0.2, 0) is 12.5 Å². The van der Waals surface area contributed by atoms with Crippen molar-refractivity contribution in [2.75, 3.05) is 0 Å². The first kappa shape index (κ1) is 27.4. The van der Waals surface area contributed by atoms with Crippen molar-refractivity contribution in [3.8, 4) is 50.8 Å². The molecule has 0 aliphatic heterocycles. The first-order valence-electron chi connectivity index (χ1n) is 14.3. The first-order chi connectivity index (χ1) is 20.0. The lowest BCUT2D eigenvalue weighted by atomic mass is 9.85. The molecule has 0 aliphatic rings. The summed E-state index contributed by atoms with van der Waals surface area (Å²) in [5.41, 5.74) is 12.9. The number of imidazole rings is 1. The van der Waals surface area contributed by atoms with E-state index in [2.05, 4.69) is 76.9 Å². The predicted molar refractivity (Wildman–Crippen MR) is 173 cm³/mol. The maximum absolute atomic E-state index is 11.3. The van der Waals surface area contributed by atoms with Crippen LogP contribution >= 0.6 is 0 Å². The van der Waals surface area contributed by atoms with E-state index in [0.29, 0.717) is 11.4 Å². The number of phenols is 1. The van der Waals surface area contributed by atoms with Gasteiger partial charge in [0.15, 0.2) is 0 Å². The monoisotopic (exact) mass is 552 g/mol. The SMILES string of the molecule is Cc1cc(C)c(-c2cc(-c3ccccn3)cc(-c3nccc4c3nc(-c3cccc(C(C)(C)C)c3O)n4C)c2)c(C)c1. The fraction of sp³-hybridized carbons (Fsp3) is 0.216. The van der Waals surface area contributed by atoms with Crippen LogP contribution in [0.2, 0.25) is 0 Å². The van der Waals surface area contributed by atoms with Gasteiger partial charge < -0.3 is 9.67 Å². The van der Waals surface area contributed by atoms with Gasteiger partial charge in [-0.15, -0.1) is 0 Å². The highest BCUT2D eigenvalue weighted by Crippen LogP contribution is 2.41. The van der Waals surface area contributed by atoms with Gasteiger partial charge in [0.2, 0.25) is 0 Å². The molecule has 3 aromatic heterocycles. The molecule has 3 heterocycles. The lowest BCUT2D eigenvalue weighted by Crippen LogP contribution is -2.11. The minimum atomic E-state index is -0.202. The van der Waals surface area contributed by atoms with Crippen LogP contribution in [0, 0.1) is 20.8 Å². The number of phenolic OH excluding ortho intramolecular Hbond substituents is 1. The van der Waals surface area contributed by atoms with Crippen LogP contribution in [-0.4, -0.2) is 24.6 Å². The van der Waals surface area contributed by atoms with Crippen molar-refractivity contribution in [2.45, 2.75) is 47.0 Å². The minimum absolute atomic E-state index is 0.202. The van der Waals surface area contributed by atoms with E-state index in [1.54, 1.807) is 0 Å². The summed E-state index contributed by atoms with van der Waals surface area (Å²) in [5.74, 6) is 0.969. The zero-order valence-corrected chi connectivity index (χ0v) is 25.3. The number of rotatable bonds is 4. The second kappa shape index (κ2) is 10.3. The van der Waals surface area contributed by atoms with E-state index in [-0.39, 0.29) is 11.2 Å². The number of pyridine rings is 2. The molecule has 1 N–H and O–H groups in total. The van der Waals surface area contributed by atoms with Crippen LogP contribution < -0.4 is 0 Å². The van der Waals surface area contributed by atoms with Crippen LogP contribution in [0.15, 0.2) is 85.2 Å². The van der Waals surface area contributed by atoms with Gasteiger partial charge in [-0.3, -0.25) is 9.97 Å². The quantitative estimate of drug-likeness (QED) is 0.237. The molecule has 0 spiro atoms. The summed E-state index contributed by atoms with van der Waals surface area (Å²) < 4.78 is 2.04. The summed E-state index contributed by atoms with van der Waals surface area (Å²) in [6.07, 6.45) is 3.66. The predicted octanol–water partition coefficient (Wildman–Crippen LogP) is 8.96. The molecule has 5 heteroatoms. The van der Waals surface area contributed by atoms with Crippen molar-refractivity contribution >= 4 is 11.0 Å². The molecule has 6 rings (SSSR count). The molecule has 5 nitrogen and oxygen atoms in total. The number of aromatic hydroxyl groups is 1. The highest BCUT2D eigenvalue weighted by Gasteiger charge is 2.24. The van der Waals surface area contributed by atoms with Gasteiger partial charge in [-0.25, -0.2) is 4.98 Å². The van der Waals surface area contributed by atoms with Gasteiger partial charge in [-0.2, -0.15) is 0 Å². The molecule has 0 fully saturated rings. The average molecular weight is 553 g/mol. The molecule has 0 saturated heterocycles. The number of fused-ring (bicyclic) bond motifs is 1. The van der Waals surface area contributed by atoms with E-state index in [9.17, 15) is 5.11 Å². The van der Waals surface area contributed by atoms with Crippen LogP contribution in [0.4, 0.5) is 0 Å². The second-order valence-electron chi connectivity index (χ2n) is 12.3. The lowest BCUT2D eigenvalue weighted by molar-refractivity contribution is 0.448. The van der Waals surface area contributed by atoms with Crippen molar-refractivity contribution in [3.63, 3.8) is 0 Å². The number of para-hydroxylation sites is 1. The van der Waals surface area contributed by atoms with Crippen molar-refractivity contribution in [2.24, 2.45) is 7.05 Å². The number of hydrogen-bond acceptors (Lipinski definition) is 4. The molecule has 6 aromatic rings. The molecule has 0 unspecified atom stereocenters. The Labute approximate surface area is 247 Å². The van der Waals surface area contributed by atoms with E-state index < -0.39 is 0 Å². The Morgan fingerprint density at radius 2 is 1.45 bits per heavy atom. The normalized spacial score (nSPS) is 11.8. The van der Waals surface area contributed by atoms with Crippen molar-refractivity contribution in [1.82, 2.24) is 19.5 Å². The van der Waals surface area contributed by atoms with Gasteiger partial charge in [-0.1, -0.05) is 56.7 Å². The summed E-state index contributed by atoms with van der Waals surface area (Å²) in [7, 11) is 1.99. The summed E-state index contributed by atoms with van der Waals surface area (Å²) >= 11 is 0. The van der Waals surface area contributed by atoms with Crippen molar-refractivity contribution in [1.29, 1.82) is 0 Å². The van der Waals surface area contributed by atoms with Gasteiger partial charge in [0.25, 0.3) is 0 Å². The smallest absolute Gasteiger partial charge is 0.144 e. The van der Waals surface area contributed by atoms with Crippen LogP contribution in [0.3, 0.4) is 0 Å². The summed E-state index contributed by atoms with van der Waals surface area (Å²) in [4.78, 5) is 14.7. The molecule has 0 saturated carbocycles. The Morgan fingerprint density at radius 1 is 0.738 bits per heavy atom. The van der Waals surface area contributed by atoms with E-state index in [1.807, 2.05) is 66.5 Å². The van der Waals surface area contributed by atoms with Crippen LogP contribution in [0.5, 0.6) is 5.75 Å². The van der Waals surface area contributed by atoms with Gasteiger partial charge in [0.05, 0.1) is 22.5 Å². The molecule has 0 radical (unpaired) electrons. The second-order valence-corrected chi connectivity index (χ2v) is 12.3. The fourth-order valence-electron chi connectivity index (χ4n) is 6.13. The zero-order valence-electron chi connectivity index (χ0n) is 25.3. The Bertz CT molecular complexity index is 1940. The van der Waals surface area contributed by atoms with Gasteiger partial charge in [0, 0.05) is 30.6 Å². The molecular weight excluding hydrogens is 516 g/mol. The van der Waals surface area contributed by atoms with E-state index >= 15 is 0 Å². The Hall–Kier alpha value is -4.77. The van der Waals surface area contributed by atoms with E-state index in [4.69, 9.17) is 9.97 Å². The molecular formula is C37H36N4O. The Balaban J connectivity index is 1.60. The van der Waals surface area contributed by atoms with Crippen LogP contribution in [0.1, 0.15) is 43.0 Å². The standard InChI is InChI=1S/C37H36N4O/c1-22-17-23(2)32(24(3)18-22)26-19-25(30-13-8-9-15-38-30)20-27(21-26)33-34-31(14-16-39-33)41(7)36(40-34)28-11-10-12-29(35(28)42)37(4,5)6/h8-21,42H,1-7H3. The van der Waals surface area contributed by atoms with Crippen molar-refractivity contribution in [3.05, 3.63) is 107 Å². The molecule has 0 aliphatic carbocycles. The van der Waals surface area contributed by atoms with Crippen LogP contribution in [0.25, 0.3) is 56.1 Å². The Morgan fingerprint density at radius 3 is 2.14 bits per heavy atom. The summed E-state index contributed by atoms with van der Waals surface area (Å²) in [6.45, 7) is 12.8. The highest BCUT2D eigenvalue weighted by molar-refractivity contribution is 5.94. The largest absolute Gasteiger partial charge is 0.507 e. The molecule has 0 amide bonds. The number of hydrogen-bond donors (Lipinski definition) is 1. The van der Waals surface area contributed by atoms with Gasteiger partial charge in [-0.05, 0) is 96.5 Å². The molecule has 3 aromatic carbocycles. The van der Waals surface area contributed by atoms with E-state index in [0.717, 1.165) is 44.7 Å². The maximum Gasteiger partial charge on any atom is 0.144 e.